The standard InChI is InChI=1S/C23H22BrF4NO3/c1-12-3-9-16(13-4-7-15(24)8-5-13)20(22(31)32-2)19(12)21(30)29-18-10-6-14(11-17(18)25)23(26,27)28/h4-8,10-12,16,19-20H,3,9H2,1-2H3,(H,29,30)/t12-,16-,19-,20-/m1/s1. The lowest BCUT2D eigenvalue weighted by Crippen LogP contribution is -2.44. The molecule has 1 saturated carbocycles. The normalized spacial score (nSPS) is 23.5. The monoisotopic (exact) mass is 515 g/mol. The third kappa shape index (κ3) is 5.14. The Balaban J connectivity index is 1.91. The van der Waals surface area contributed by atoms with Crippen LogP contribution in [0.15, 0.2) is 46.9 Å². The maximum Gasteiger partial charge on any atom is 0.416 e. The summed E-state index contributed by atoms with van der Waals surface area (Å²) in [5.74, 6) is -4.56. The summed E-state index contributed by atoms with van der Waals surface area (Å²) in [6.45, 7) is 1.82. The van der Waals surface area contributed by atoms with Gasteiger partial charge in [-0.15, -0.1) is 0 Å². The molecule has 1 aliphatic rings. The van der Waals surface area contributed by atoms with E-state index in [1.54, 1.807) is 0 Å². The highest BCUT2D eigenvalue weighted by Crippen LogP contribution is 2.45. The number of benzene rings is 2. The van der Waals surface area contributed by atoms with E-state index in [1.807, 2.05) is 31.2 Å². The molecule has 1 amide bonds. The van der Waals surface area contributed by atoms with Crippen molar-refractivity contribution in [1.29, 1.82) is 0 Å². The Hall–Kier alpha value is -2.42. The maximum atomic E-state index is 14.3. The molecule has 3 rings (SSSR count). The van der Waals surface area contributed by atoms with Crippen LogP contribution in [-0.2, 0) is 20.5 Å². The summed E-state index contributed by atoms with van der Waals surface area (Å²) in [6, 6.07) is 9.33. The number of alkyl halides is 3. The average molecular weight is 516 g/mol. The first-order chi connectivity index (χ1) is 15.0. The van der Waals surface area contributed by atoms with Crippen LogP contribution in [-0.4, -0.2) is 19.0 Å². The van der Waals surface area contributed by atoms with Crippen molar-refractivity contribution in [2.24, 2.45) is 17.8 Å². The summed E-state index contributed by atoms with van der Waals surface area (Å²) in [5.41, 5.74) is -0.652. The number of anilines is 1. The van der Waals surface area contributed by atoms with Gasteiger partial charge in [-0.1, -0.05) is 35.0 Å². The van der Waals surface area contributed by atoms with Gasteiger partial charge in [-0.25, -0.2) is 4.39 Å². The minimum atomic E-state index is -4.70. The Morgan fingerprint density at radius 3 is 2.28 bits per heavy atom. The number of carbonyl (C=O) groups is 2. The SMILES string of the molecule is COC(=O)[C@H]1[C@H](C(=O)Nc2ccc(C(F)(F)F)cc2F)[C@H](C)CC[C@@H]1c1ccc(Br)cc1. The van der Waals surface area contributed by atoms with Crippen molar-refractivity contribution in [3.8, 4) is 0 Å². The predicted molar refractivity (Wildman–Crippen MR) is 114 cm³/mol. The average Bonchev–Trinajstić information content (AvgIpc) is 2.74. The van der Waals surface area contributed by atoms with E-state index in [0.717, 1.165) is 16.1 Å². The molecule has 0 spiro atoms. The minimum absolute atomic E-state index is 0.219. The van der Waals surface area contributed by atoms with Gasteiger partial charge >= 0.3 is 12.1 Å². The number of rotatable bonds is 4. The van der Waals surface area contributed by atoms with Crippen LogP contribution < -0.4 is 5.32 Å². The summed E-state index contributed by atoms with van der Waals surface area (Å²) < 4.78 is 58.6. The molecule has 2 aromatic carbocycles. The molecule has 0 unspecified atom stereocenters. The molecule has 1 N–H and O–H groups in total. The molecule has 4 atom stereocenters. The number of nitrogens with one attached hydrogen (secondary N) is 1. The van der Waals surface area contributed by atoms with Gasteiger partial charge < -0.3 is 10.1 Å². The number of halogens is 5. The van der Waals surface area contributed by atoms with Crippen molar-refractivity contribution >= 4 is 33.5 Å². The maximum absolute atomic E-state index is 14.3. The van der Waals surface area contributed by atoms with Gasteiger partial charge in [-0.3, -0.25) is 9.59 Å². The zero-order chi connectivity index (χ0) is 23.6. The van der Waals surface area contributed by atoms with Crippen LogP contribution in [0, 0.1) is 23.6 Å². The fourth-order valence-corrected chi connectivity index (χ4v) is 4.63. The summed E-state index contributed by atoms with van der Waals surface area (Å²) in [5, 5.41) is 2.38. The summed E-state index contributed by atoms with van der Waals surface area (Å²) in [6.07, 6.45) is -3.40. The molecule has 2 aromatic rings. The Labute approximate surface area is 191 Å². The van der Waals surface area contributed by atoms with E-state index in [2.05, 4.69) is 21.2 Å². The lowest BCUT2D eigenvalue weighted by Gasteiger charge is -2.39. The van der Waals surface area contributed by atoms with Crippen LogP contribution in [0.2, 0.25) is 0 Å². The molecule has 32 heavy (non-hydrogen) atoms. The zero-order valence-corrected chi connectivity index (χ0v) is 19.0. The highest BCUT2D eigenvalue weighted by molar-refractivity contribution is 9.10. The number of amides is 1. The number of esters is 1. The molecule has 0 saturated heterocycles. The Kier molecular flexibility index (Phi) is 7.27. The molecule has 0 bridgehead atoms. The molecule has 1 aliphatic carbocycles. The predicted octanol–water partition coefficient (Wildman–Crippen LogP) is 6.16. The van der Waals surface area contributed by atoms with Crippen molar-refractivity contribution in [1.82, 2.24) is 0 Å². The molecule has 0 radical (unpaired) electrons. The highest BCUT2D eigenvalue weighted by atomic mass is 79.9. The summed E-state index contributed by atoms with van der Waals surface area (Å²) in [4.78, 5) is 25.9. The van der Waals surface area contributed by atoms with E-state index in [0.29, 0.717) is 25.0 Å². The summed E-state index contributed by atoms with van der Waals surface area (Å²) >= 11 is 3.37. The van der Waals surface area contributed by atoms with Crippen molar-refractivity contribution in [2.45, 2.75) is 31.9 Å². The quantitative estimate of drug-likeness (QED) is 0.391. The summed E-state index contributed by atoms with van der Waals surface area (Å²) in [7, 11) is 1.24. The van der Waals surface area contributed by atoms with E-state index >= 15 is 0 Å². The lowest BCUT2D eigenvalue weighted by atomic mass is 9.64. The van der Waals surface area contributed by atoms with Gasteiger partial charge in [0, 0.05) is 4.47 Å². The second-order valence-electron chi connectivity index (χ2n) is 7.97. The van der Waals surface area contributed by atoms with E-state index in [9.17, 15) is 27.2 Å². The van der Waals surface area contributed by atoms with Crippen LogP contribution in [0.5, 0.6) is 0 Å². The smallest absolute Gasteiger partial charge is 0.416 e. The van der Waals surface area contributed by atoms with Gasteiger partial charge in [0.05, 0.1) is 30.2 Å². The number of methoxy groups -OCH3 is 1. The Morgan fingerprint density at radius 2 is 1.72 bits per heavy atom. The van der Waals surface area contributed by atoms with Crippen LogP contribution in [0.1, 0.15) is 36.8 Å². The number of ether oxygens (including phenoxy) is 1. The number of hydrogen-bond acceptors (Lipinski definition) is 3. The van der Waals surface area contributed by atoms with E-state index in [4.69, 9.17) is 4.74 Å². The van der Waals surface area contributed by atoms with Gasteiger partial charge in [0.15, 0.2) is 0 Å². The third-order valence-corrected chi connectivity index (χ3v) is 6.52. The molecular weight excluding hydrogens is 494 g/mol. The van der Waals surface area contributed by atoms with E-state index in [1.165, 1.54) is 7.11 Å². The fourth-order valence-electron chi connectivity index (χ4n) is 4.37. The van der Waals surface area contributed by atoms with Crippen molar-refractivity contribution in [3.05, 3.63) is 63.9 Å². The van der Waals surface area contributed by atoms with Gasteiger partial charge in [0.2, 0.25) is 5.91 Å². The Morgan fingerprint density at radius 1 is 1.06 bits per heavy atom. The van der Waals surface area contributed by atoms with Crippen LogP contribution in [0.25, 0.3) is 0 Å². The number of hydrogen-bond donors (Lipinski definition) is 1. The molecule has 0 heterocycles. The third-order valence-electron chi connectivity index (χ3n) is 5.99. The largest absolute Gasteiger partial charge is 0.469 e. The minimum Gasteiger partial charge on any atom is -0.469 e. The highest BCUT2D eigenvalue weighted by Gasteiger charge is 2.47. The van der Waals surface area contributed by atoms with Crippen molar-refractivity contribution < 1.29 is 31.9 Å². The zero-order valence-electron chi connectivity index (χ0n) is 17.4. The van der Waals surface area contributed by atoms with Gasteiger partial charge in [-0.2, -0.15) is 13.2 Å². The molecule has 9 heteroatoms. The first-order valence-electron chi connectivity index (χ1n) is 10.0. The first kappa shape index (κ1) is 24.2. The molecule has 0 aliphatic heterocycles. The first-order valence-corrected chi connectivity index (χ1v) is 10.8. The van der Waals surface area contributed by atoms with Gasteiger partial charge in [0.1, 0.15) is 5.82 Å². The van der Waals surface area contributed by atoms with E-state index < -0.39 is 41.3 Å². The molecule has 1 fully saturated rings. The second-order valence-corrected chi connectivity index (χ2v) is 8.88. The lowest BCUT2D eigenvalue weighted by molar-refractivity contribution is -0.153. The van der Waals surface area contributed by atoms with E-state index in [-0.39, 0.29) is 17.5 Å². The van der Waals surface area contributed by atoms with Crippen LogP contribution in [0.3, 0.4) is 0 Å². The fraction of sp³-hybridized carbons (Fsp3) is 0.391. The molecule has 172 valence electrons. The number of carbonyl (C=O) groups excluding carboxylic acids is 2. The topological polar surface area (TPSA) is 55.4 Å². The van der Waals surface area contributed by atoms with Gasteiger partial charge in [-0.05, 0) is 60.6 Å². The van der Waals surface area contributed by atoms with Gasteiger partial charge in [0.25, 0.3) is 0 Å². The van der Waals surface area contributed by atoms with Crippen LogP contribution >= 0.6 is 15.9 Å². The molecule has 4 nitrogen and oxygen atoms in total. The molecular formula is C23H22BrF4NO3. The molecule has 0 aromatic heterocycles. The second kappa shape index (κ2) is 9.60. The van der Waals surface area contributed by atoms with Crippen LogP contribution in [0.4, 0.5) is 23.2 Å². The van der Waals surface area contributed by atoms with Crippen molar-refractivity contribution in [2.75, 3.05) is 12.4 Å². The Bertz CT molecular complexity index is 994. The van der Waals surface area contributed by atoms with Crippen molar-refractivity contribution in [3.63, 3.8) is 0 Å².